The molecule has 0 atom stereocenters. The maximum atomic E-state index is 3.43. The molecule has 2 aromatic rings. The summed E-state index contributed by atoms with van der Waals surface area (Å²) in [6.07, 6.45) is 4.28. The minimum atomic E-state index is 0.843. The largest absolute Gasteiger partial charge is 0.381 e. The van der Waals surface area contributed by atoms with Gasteiger partial charge < -0.3 is 5.32 Å². The van der Waals surface area contributed by atoms with Crippen LogP contribution in [0.4, 0.5) is 5.69 Å². The zero-order chi connectivity index (χ0) is 12.8. The summed E-state index contributed by atoms with van der Waals surface area (Å²) < 4.78 is 1.26. The van der Waals surface area contributed by atoms with Crippen molar-refractivity contribution >= 4 is 34.4 Å². The van der Waals surface area contributed by atoms with E-state index in [1.165, 1.54) is 20.4 Å². The van der Waals surface area contributed by atoms with E-state index in [-0.39, 0.29) is 0 Å². The number of benzene rings is 2. The van der Waals surface area contributed by atoms with Gasteiger partial charge in [-0.3, -0.25) is 0 Å². The van der Waals surface area contributed by atoms with Crippen molar-refractivity contribution in [2.45, 2.75) is 6.92 Å². The van der Waals surface area contributed by atoms with Gasteiger partial charge in [0.05, 0.1) is 0 Å². The van der Waals surface area contributed by atoms with Crippen LogP contribution in [0, 0.1) is 10.5 Å². The Labute approximate surface area is 122 Å². The molecule has 2 aromatic carbocycles. The second kappa shape index (κ2) is 6.59. The maximum Gasteiger partial charge on any atom is 0.0382 e. The van der Waals surface area contributed by atoms with Crippen LogP contribution in [0.2, 0.25) is 0 Å². The van der Waals surface area contributed by atoms with Crippen molar-refractivity contribution in [1.29, 1.82) is 0 Å². The molecular formula is C16H16IN. The Morgan fingerprint density at radius 2 is 1.89 bits per heavy atom. The van der Waals surface area contributed by atoms with Crippen LogP contribution in [-0.2, 0) is 0 Å². The number of hydrogen-bond acceptors (Lipinski definition) is 1. The molecule has 0 amide bonds. The molecule has 0 saturated heterocycles. The Morgan fingerprint density at radius 3 is 2.67 bits per heavy atom. The first-order valence-corrected chi connectivity index (χ1v) is 7.05. The molecule has 2 heteroatoms. The molecule has 0 aliphatic heterocycles. The lowest BCUT2D eigenvalue weighted by atomic mass is 10.2. The molecule has 0 aromatic heterocycles. The highest BCUT2D eigenvalue weighted by Crippen LogP contribution is 2.17. The Hall–Kier alpha value is -1.29. The smallest absolute Gasteiger partial charge is 0.0382 e. The van der Waals surface area contributed by atoms with Crippen molar-refractivity contribution in [3.63, 3.8) is 0 Å². The van der Waals surface area contributed by atoms with Crippen molar-refractivity contribution in [2.24, 2.45) is 0 Å². The second-order valence-corrected chi connectivity index (χ2v) is 5.40. The summed E-state index contributed by atoms with van der Waals surface area (Å²) >= 11 is 2.33. The Kier molecular flexibility index (Phi) is 4.81. The van der Waals surface area contributed by atoms with Crippen LogP contribution in [0.5, 0.6) is 0 Å². The standard InChI is InChI=1S/C16H16IN/c1-13-9-10-15(17)12-16(13)18-11-5-8-14-6-3-2-4-7-14/h2-10,12,18H,11H2,1H3/b8-5+. The number of halogens is 1. The minimum Gasteiger partial charge on any atom is -0.381 e. The van der Waals surface area contributed by atoms with Crippen LogP contribution in [-0.4, -0.2) is 6.54 Å². The highest BCUT2D eigenvalue weighted by Gasteiger charge is 1.96. The molecule has 1 N–H and O–H groups in total. The summed E-state index contributed by atoms with van der Waals surface area (Å²) in [5.74, 6) is 0. The van der Waals surface area contributed by atoms with E-state index in [4.69, 9.17) is 0 Å². The summed E-state index contributed by atoms with van der Waals surface area (Å²) in [7, 11) is 0. The molecule has 0 bridgehead atoms. The lowest BCUT2D eigenvalue weighted by Gasteiger charge is -2.07. The molecular weight excluding hydrogens is 333 g/mol. The van der Waals surface area contributed by atoms with Crippen molar-refractivity contribution in [3.8, 4) is 0 Å². The van der Waals surface area contributed by atoms with E-state index in [2.05, 4.69) is 89.4 Å². The van der Waals surface area contributed by atoms with Crippen LogP contribution in [0.15, 0.2) is 54.6 Å². The fourth-order valence-electron chi connectivity index (χ4n) is 1.71. The number of nitrogens with one attached hydrogen (secondary N) is 1. The van der Waals surface area contributed by atoms with Gasteiger partial charge in [-0.25, -0.2) is 0 Å². The van der Waals surface area contributed by atoms with Gasteiger partial charge in [0, 0.05) is 15.8 Å². The van der Waals surface area contributed by atoms with E-state index in [1.54, 1.807) is 0 Å². The van der Waals surface area contributed by atoms with E-state index >= 15 is 0 Å². The maximum absolute atomic E-state index is 3.43. The van der Waals surface area contributed by atoms with Crippen molar-refractivity contribution in [3.05, 3.63) is 69.3 Å². The molecule has 92 valence electrons. The zero-order valence-corrected chi connectivity index (χ0v) is 12.5. The predicted octanol–water partition coefficient (Wildman–Crippen LogP) is 4.72. The highest BCUT2D eigenvalue weighted by atomic mass is 127. The van der Waals surface area contributed by atoms with E-state index < -0.39 is 0 Å². The SMILES string of the molecule is Cc1ccc(I)cc1NC/C=C/c1ccccc1. The summed E-state index contributed by atoms with van der Waals surface area (Å²) in [6, 6.07) is 16.8. The lowest BCUT2D eigenvalue weighted by molar-refractivity contribution is 1.30. The molecule has 0 fully saturated rings. The van der Waals surface area contributed by atoms with Gasteiger partial charge in [-0.2, -0.15) is 0 Å². The molecule has 0 heterocycles. The van der Waals surface area contributed by atoms with Crippen molar-refractivity contribution in [1.82, 2.24) is 0 Å². The summed E-state index contributed by atoms with van der Waals surface area (Å²) in [5.41, 5.74) is 3.72. The van der Waals surface area contributed by atoms with Gasteiger partial charge in [0.2, 0.25) is 0 Å². The van der Waals surface area contributed by atoms with Crippen molar-refractivity contribution in [2.75, 3.05) is 11.9 Å². The first kappa shape index (κ1) is 13.1. The van der Waals surface area contributed by atoms with E-state index in [0.717, 1.165) is 6.54 Å². The van der Waals surface area contributed by atoms with Crippen LogP contribution in [0.1, 0.15) is 11.1 Å². The molecule has 2 rings (SSSR count). The Morgan fingerprint density at radius 1 is 1.11 bits per heavy atom. The lowest BCUT2D eigenvalue weighted by Crippen LogP contribution is -2.00. The van der Waals surface area contributed by atoms with Gasteiger partial charge in [-0.15, -0.1) is 0 Å². The quantitative estimate of drug-likeness (QED) is 0.788. The molecule has 0 spiro atoms. The van der Waals surface area contributed by atoms with Crippen LogP contribution >= 0.6 is 22.6 Å². The third kappa shape index (κ3) is 3.88. The topological polar surface area (TPSA) is 12.0 Å². The third-order valence-electron chi connectivity index (χ3n) is 2.72. The van der Waals surface area contributed by atoms with E-state index in [1.807, 2.05) is 6.07 Å². The molecule has 0 radical (unpaired) electrons. The van der Waals surface area contributed by atoms with Crippen LogP contribution in [0.3, 0.4) is 0 Å². The monoisotopic (exact) mass is 349 g/mol. The van der Waals surface area contributed by atoms with Gasteiger partial charge in [0.1, 0.15) is 0 Å². The van der Waals surface area contributed by atoms with E-state index in [0.29, 0.717) is 0 Å². The molecule has 0 saturated carbocycles. The molecule has 18 heavy (non-hydrogen) atoms. The van der Waals surface area contributed by atoms with Crippen LogP contribution < -0.4 is 5.32 Å². The normalized spacial score (nSPS) is 10.8. The molecule has 1 nitrogen and oxygen atoms in total. The van der Waals surface area contributed by atoms with E-state index in [9.17, 15) is 0 Å². The van der Waals surface area contributed by atoms with Crippen LogP contribution in [0.25, 0.3) is 6.08 Å². The summed E-state index contributed by atoms with van der Waals surface area (Å²) in [5, 5.41) is 3.43. The van der Waals surface area contributed by atoms with Gasteiger partial charge in [0.25, 0.3) is 0 Å². The molecule has 0 aliphatic rings. The average Bonchev–Trinajstić information content (AvgIpc) is 2.40. The first-order chi connectivity index (χ1) is 8.75. The summed E-state index contributed by atoms with van der Waals surface area (Å²) in [6.45, 7) is 2.97. The average molecular weight is 349 g/mol. The van der Waals surface area contributed by atoms with Crippen molar-refractivity contribution < 1.29 is 0 Å². The third-order valence-corrected chi connectivity index (χ3v) is 3.39. The van der Waals surface area contributed by atoms with Gasteiger partial charge in [-0.1, -0.05) is 48.6 Å². The number of hydrogen-bond donors (Lipinski definition) is 1. The number of aryl methyl sites for hydroxylation is 1. The first-order valence-electron chi connectivity index (χ1n) is 5.97. The second-order valence-electron chi connectivity index (χ2n) is 4.15. The van der Waals surface area contributed by atoms with Gasteiger partial charge >= 0.3 is 0 Å². The fraction of sp³-hybridized carbons (Fsp3) is 0.125. The fourth-order valence-corrected chi connectivity index (χ4v) is 2.20. The van der Waals surface area contributed by atoms with Gasteiger partial charge in [0.15, 0.2) is 0 Å². The Balaban J connectivity index is 1.92. The summed E-state index contributed by atoms with van der Waals surface area (Å²) in [4.78, 5) is 0. The predicted molar refractivity (Wildman–Crippen MR) is 87.9 cm³/mol. The minimum absolute atomic E-state index is 0.843. The zero-order valence-electron chi connectivity index (χ0n) is 10.4. The van der Waals surface area contributed by atoms with Gasteiger partial charge in [-0.05, 0) is 52.8 Å². The molecule has 0 unspecified atom stereocenters. The molecule has 0 aliphatic carbocycles. The number of rotatable bonds is 4. The number of anilines is 1. The highest BCUT2D eigenvalue weighted by molar-refractivity contribution is 14.1. The Bertz CT molecular complexity index is 532.